The standard InChI is InChI=1S/C11H15N5O3P/c1-20(17)18-4-7-2-3-8(19-7)16-6-15-9-10(12)13-5-14-11(9)16/h5-8H,2-4H2,1H3,(H2,12,13,14)/q+1/t7-,8+/m1/s1. The fraction of sp³-hybridized carbons (Fsp3) is 0.545. The molecule has 1 fully saturated rings. The lowest BCUT2D eigenvalue weighted by atomic mass is 10.2. The molecule has 2 aromatic rings. The van der Waals surface area contributed by atoms with Crippen molar-refractivity contribution < 1.29 is 13.8 Å². The molecule has 106 valence electrons. The number of hydrogen-bond donors (Lipinski definition) is 1. The second-order valence-corrected chi connectivity index (χ2v) is 5.75. The summed E-state index contributed by atoms with van der Waals surface area (Å²) in [6, 6.07) is 0. The van der Waals surface area contributed by atoms with Gasteiger partial charge in [0.1, 0.15) is 24.7 Å². The molecule has 3 heterocycles. The molecule has 0 radical (unpaired) electrons. The molecular formula is C11H15N5O3P+. The Morgan fingerprint density at radius 3 is 3.15 bits per heavy atom. The Balaban J connectivity index is 1.76. The maximum atomic E-state index is 10.9. The zero-order valence-electron chi connectivity index (χ0n) is 11.0. The number of imidazole rings is 1. The molecule has 0 bridgehead atoms. The van der Waals surface area contributed by atoms with Crippen molar-refractivity contribution in [3.8, 4) is 0 Å². The maximum absolute atomic E-state index is 10.9. The fourth-order valence-electron chi connectivity index (χ4n) is 2.28. The highest BCUT2D eigenvalue weighted by Gasteiger charge is 2.30. The minimum absolute atomic E-state index is 0.0597. The van der Waals surface area contributed by atoms with Crippen LogP contribution in [-0.2, 0) is 13.8 Å². The van der Waals surface area contributed by atoms with Crippen LogP contribution in [0.3, 0.4) is 0 Å². The van der Waals surface area contributed by atoms with Gasteiger partial charge < -0.3 is 10.5 Å². The Kier molecular flexibility index (Phi) is 3.60. The molecular weight excluding hydrogens is 281 g/mol. The molecule has 1 saturated heterocycles. The Labute approximate surface area is 116 Å². The zero-order valence-corrected chi connectivity index (χ0v) is 11.9. The van der Waals surface area contributed by atoms with Crippen molar-refractivity contribution in [3.63, 3.8) is 0 Å². The van der Waals surface area contributed by atoms with E-state index in [-0.39, 0.29) is 12.3 Å². The molecule has 8 nitrogen and oxygen atoms in total. The lowest BCUT2D eigenvalue weighted by Gasteiger charge is -2.13. The summed E-state index contributed by atoms with van der Waals surface area (Å²) in [7, 11) is -1.59. The van der Waals surface area contributed by atoms with Crippen LogP contribution in [-0.4, -0.2) is 38.9 Å². The number of fused-ring (bicyclic) bond motifs is 1. The predicted octanol–water partition coefficient (Wildman–Crippen LogP) is 1.47. The summed E-state index contributed by atoms with van der Waals surface area (Å²) in [5.41, 5.74) is 6.99. The number of nitrogens with zero attached hydrogens (tertiary/aromatic N) is 4. The second-order valence-electron chi connectivity index (χ2n) is 4.61. The first kappa shape index (κ1) is 13.4. The van der Waals surface area contributed by atoms with Crippen molar-refractivity contribution >= 4 is 25.0 Å². The average Bonchev–Trinajstić information content (AvgIpc) is 3.02. The van der Waals surface area contributed by atoms with Crippen molar-refractivity contribution in [3.05, 3.63) is 12.7 Å². The van der Waals surface area contributed by atoms with Crippen LogP contribution in [0.4, 0.5) is 5.82 Å². The summed E-state index contributed by atoms with van der Waals surface area (Å²) >= 11 is 0. The highest BCUT2D eigenvalue weighted by atomic mass is 31.1. The third-order valence-corrected chi connectivity index (χ3v) is 3.74. The summed E-state index contributed by atoms with van der Waals surface area (Å²) in [5, 5.41) is 0. The molecule has 9 heteroatoms. The Morgan fingerprint density at radius 2 is 2.35 bits per heavy atom. The molecule has 3 atom stereocenters. The molecule has 1 unspecified atom stereocenters. The number of anilines is 1. The molecule has 2 N–H and O–H groups in total. The molecule has 0 spiro atoms. The van der Waals surface area contributed by atoms with Crippen molar-refractivity contribution in [1.29, 1.82) is 0 Å². The van der Waals surface area contributed by atoms with E-state index in [1.165, 1.54) is 13.0 Å². The van der Waals surface area contributed by atoms with Crippen LogP contribution in [0.1, 0.15) is 19.1 Å². The van der Waals surface area contributed by atoms with E-state index < -0.39 is 8.03 Å². The zero-order chi connectivity index (χ0) is 14.1. The predicted molar refractivity (Wildman–Crippen MR) is 72.4 cm³/mol. The van der Waals surface area contributed by atoms with Crippen LogP contribution in [0.5, 0.6) is 0 Å². The van der Waals surface area contributed by atoms with Crippen LogP contribution in [0.25, 0.3) is 11.2 Å². The molecule has 2 aromatic heterocycles. The Morgan fingerprint density at radius 1 is 1.50 bits per heavy atom. The minimum Gasteiger partial charge on any atom is -0.382 e. The number of nitrogen functional groups attached to an aromatic ring is 1. The van der Waals surface area contributed by atoms with Crippen LogP contribution in [0, 0.1) is 0 Å². The van der Waals surface area contributed by atoms with Gasteiger partial charge in [-0.15, -0.1) is 4.52 Å². The van der Waals surface area contributed by atoms with Gasteiger partial charge in [-0.3, -0.25) is 4.57 Å². The van der Waals surface area contributed by atoms with Crippen molar-refractivity contribution in [2.75, 3.05) is 19.0 Å². The lowest BCUT2D eigenvalue weighted by molar-refractivity contribution is -0.0145. The summed E-state index contributed by atoms with van der Waals surface area (Å²) in [5.74, 6) is 0.356. The van der Waals surface area contributed by atoms with Gasteiger partial charge in [-0.25, -0.2) is 15.0 Å². The van der Waals surface area contributed by atoms with Crippen LogP contribution < -0.4 is 5.73 Å². The number of nitrogens with two attached hydrogens (primary N) is 1. The fourth-order valence-corrected chi connectivity index (χ4v) is 2.66. The van der Waals surface area contributed by atoms with Gasteiger partial charge in [0.25, 0.3) is 0 Å². The van der Waals surface area contributed by atoms with E-state index in [1.807, 2.05) is 4.57 Å². The Hall–Kier alpha value is -1.63. The average molecular weight is 296 g/mol. The van der Waals surface area contributed by atoms with Gasteiger partial charge in [0.05, 0.1) is 12.4 Å². The summed E-state index contributed by atoms with van der Waals surface area (Å²) < 4.78 is 23.8. The summed E-state index contributed by atoms with van der Waals surface area (Å²) in [6.45, 7) is 1.87. The third-order valence-electron chi connectivity index (χ3n) is 3.22. The number of ether oxygens (including phenoxy) is 1. The van der Waals surface area contributed by atoms with E-state index in [0.29, 0.717) is 23.6 Å². The molecule has 0 aliphatic carbocycles. The highest BCUT2D eigenvalue weighted by Crippen LogP contribution is 2.32. The van der Waals surface area contributed by atoms with Gasteiger partial charge >= 0.3 is 8.03 Å². The minimum atomic E-state index is -1.59. The summed E-state index contributed by atoms with van der Waals surface area (Å²) in [4.78, 5) is 12.3. The second kappa shape index (κ2) is 5.40. The van der Waals surface area contributed by atoms with E-state index in [1.54, 1.807) is 6.33 Å². The first-order valence-electron chi connectivity index (χ1n) is 6.27. The van der Waals surface area contributed by atoms with Gasteiger partial charge in [-0.2, -0.15) is 0 Å². The van der Waals surface area contributed by atoms with E-state index in [4.69, 9.17) is 15.0 Å². The maximum Gasteiger partial charge on any atom is 0.504 e. The van der Waals surface area contributed by atoms with Gasteiger partial charge in [0, 0.05) is 0 Å². The monoisotopic (exact) mass is 296 g/mol. The van der Waals surface area contributed by atoms with E-state index >= 15 is 0 Å². The molecule has 0 aromatic carbocycles. The van der Waals surface area contributed by atoms with E-state index in [2.05, 4.69) is 15.0 Å². The summed E-state index contributed by atoms with van der Waals surface area (Å²) in [6.07, 6.45) is 4.52. The smallest absolute Gasteiger partial charge is 0.382 e. The normalized spacial score (nSPS) is 23.4. The molecule has 1 aliphatic heterocycles. The molecule has 0 amide bonds. The van der Waals surface area contributed by atoms with Crippen LogP contribution >= 0.6 is 8.03 Å². The van der Waals surface area contributed by atoms with E-state index in [0.717, 1.165) is 12.8 Å². The Bertz CT molecular complexity index is 646. The number of rotatable bonds is 4. The molecule has 3 rings (SSSR count). The van der Waals surface area contributed by atoms with Crippen molar-refractivity contribution in [2.45, 2.75) is 25.2 Å². The topological polar surface area (TPSA) is 105 Å². The SMILES string of the molecule is C[P+](=O)OC[C@H]1CC[C@@H](n2cnc3c(N)ncnc32)O1. The third kappa shape index (κ3) is 2.49. The molecule has 0 saturated carbocycles. The van der Waals surface area contributed by atoms with Gasteiger partial charge in [0.2, 0.25) is 0 Å². The number of hydrogen-bond acceptors (Lipinski definition) is 7. The van der Waals surface area contributed by atoms with Gasteiger partial charge in [-0.05, 0) is 17.4 Å². The van der Waals surface area contributed by atoms with Crippen molar-refractivity contribution in [1.82, 2.24) is 19.5 Å². The first-order chi connectivity index (χ1) is 9.65. The molecule has 1 aliphatic rings. The number of aromatic nitrogens is 4. The highest BCUT2D eigenvalue weighted by molar-refractivity contribution is 7.38. The van der Waals surface area contributed by atoms with Crippen LogP contribution in [0.15, 0.2) is 12.7 Å². The quantitative estimate of drug-likeness (QED) is 0.852. The van der Waals surface area contributed by atoms with Crippen LogP contribution in [0.2, 0.25) is 0 Å². The lowest BCUT2D eigenvalue weighted by Crippen LogP contribution is -2.15. The largest absolute Gasteiger partial charge is 0.504 e. The van der Waals surface area contributed by atoms with Crippen molar-refractivity contribution in [2.24, 2.45) is 0 Å². The molecule has 20 heavy (non-hydrogen) atoms. The first-order valence-corrected chi connectivity index (χ1v) is 7.90. The van der Waals surface area contributed by atoms with Gasteiger partial charge in [-0.1, -0.05) is 0 Å². The van der Waals surface area contributed by atoms with E-state index in [9.17, 15) is 4.57 Å². The van der Waals surface area contributed by atoms with Gasteiger partial charge in [0.15, 0.2) is 18.1 Å².